The van der Waals surface area contributed by atoms with Gasteiger partial charge < -0.3 is 10.2 Å². The molecule has 0 aromatic heterocycles. The van der Waals surface area contributed by atoms with E-state index in [2.05, 4.69) is 42.2 Å². The molecule has 112 valence electrons. The Morgan fingerprint density at radius 1 is 1.38 bits per heavy atom. The molecule has 1 aliphatic rings. The van der Waals surface area contributed by atoms with Crippen molar-refractivity contribution in [3.8, 4) is 0 Å². The van der Waals surface area contributed by atoms with Crippen molar-refractivity contribution in [2.45, 2.75) is 20.3 Å². The van der Waals surface area contributed by atoms with Gasteiger partial charge in [0.1, 0.15) is 5.84 Å². The van der Waals surface area contributed by atoms with Crippen molar-refractivity contribution < 1.29 is 0 Å². The van der Waals surface area contributed by atoms with Crippen LogP contribution in [0.4, 0.5) is 0 Å². The third kappa shape index (κ3) is 3.30. The Kier molecular flexibility index (Phi) is 5.07. The maximum absolute atomic E-state index is 6.13. The quantitative estimate of drug-likeness (QED) is 0.912. The van der Waals surface area contributed by atoms with E-state index < -0.39 is 0 Å². The van der Waals surface area contributed by atoms with Gasteiger partial charge in [0.15, 0.2) is 0 Å². The van der Waals surface area contributed by atoms with E-state index in [4.69, 9.17) is 11.6 Å². The van der Waals surface area contributed by atoms with Crippen LogP contribution < -0.4 is 5.32 Å². The molecule has 1 aromatic carbocycles. The molecule has 0 spiro atoms. The van der Waals surface area contributed by atoms with Crippen LogP contribution in [0.5, 0.6) is 0 Å². The van der Waals surface area contributed by atoms with Crippen molar-refractivity contribution >= 4 is 23.0 Å². The number of hydrogen-bond donors (Lipinski definition) is 1. The molecule has 0 bridgehead atoms. The maximum atomic E-state index is 6.13. The van der Waals surface area contributed by atoms with Crippen molar-refractivity contribution in [2.24, 2.45) is 4.99 Å². The van der Waals surface area contributed by atoms with Gasteiger partial charge in [0.2, 0.25) is 0 Å². The summed E-state index contributed by atoms with van der Waals surface area (Å²) >= 11 is 6.13. The molecule has 1 aliphatic heterocycles. The third-order valence-corrected chi connectivity index (χ3v) is 3.95. The number of benzene rings is 1. The van der Waals surface area contributed by atoms with Gasteiger partial charge >= 0.3 is 0 Å². The highest BCUT2D eigenvalue weighted by Gasteiger charge is 2.23. The van der Waals surface area contributed by atoms with E-state index in [1.165, 1.54) is 5.70 Å². The number of aliphatic imine (C=N–C) groups is 1. The molecule has 2 rings (SSSR count). The smallest absolute Gasteiger partial charge is 0.134 e. The molecule has 0 saturated carbocycles. The molecular formula is C17H22ClN3. The third-order valence-electron chi connectivity index (χ3n) is 3.71. The average Bonchev–Trinajstić information content (AvgIpc) is 2.90. The molecule has 0 fully saturated rings. The zero-order chi connectivity index (χ0) is 15.4. The van der Waals surface area contributed by atoms with Crippen LogP contribution in [-0.4, -0.2) is 31.4 Å². The summed E-state index contributed by atoms with van der Waals surface area (Å²) in [5.74, 6) is 0.908. The fourth-order valence-electron chi connectivity index (χ4n) is 2.53. The van der Waals surface area contributed by atoms with Crippen molar-refractivity contribution in [1.82, 2.24) is 10.2 Å². The lowest BCUT2D eigenvalue weighted by Crippen LogP contribution is -2.22. The molecule has 0 atom stereocenters. The summed E-state index contributed by atoms with van der Waals surface area (Å²) in [4.78, 5) is 6.64. The van der Waals surface area contributed by atoms with Gasteiger partial charge in [0, 0.05) is 48.7 Å². The predicted octanol–water partition coefficient (Wildman–Crippen LogP) is 3.93. The van der Waals surface area contributed by atoms with Gasteiger partial charge in [-0.3, -0.25) is 4.99 Å². The van der Waals surface area contributed by atoms with Gasteiger partial charge in [-0.05, 0) is 31.0 Å². The van der Waals surface area contributed by atoms with E-state index in [-0.39, 0.29) is 0 Å². The molecule has 0 aliphatic carbocycles. The van der Waals surface area contributed by atoms with Crippen LogP contribution in [0.2, 0.25) is 5.02 Å². The van der Waals surface area contributed by atoms with Gasteiger partial charge in [0.25, 0.3) is 0 Å². The Hall–Kier alpha value is -1.74. The lowest BCUT2D eigenvalue weighted by atomic mass is 9.98. The number of halogens is 1. The number of allylic oxidation sites excluding steroid dienone is 1. The van der Waals surface area contributed by atoms with Crippen molar-refractivity contribution in [1.29, 1.82) is 0 Å². The van der Waals surface area contributed by atoms with Crippen molar-refractivity contribution in [2.75, 3.05) is 20.6 Å². The first-order chi connectivity index (χ1) is 10.1. The number of amidine groups is 1. The van der Waals surface area contributed by atoms with E-state index >= 15 is 0 Å². The predicted molar refractivity (Wildman–Crippen MR) is 91.5 cm³/mol. The average molecular weight is 304 g/mol. The van der Waals surface area contributed by atoms with Crippen LogP contribution in [0, 0.1) is 0 Å². The van der Waals surface area contributed by atoms with Crippen LogP contribution in [0.25, 0.3) is 5.57 Å². The summed E-state index contributed by atoms with van der Waals surface area (Å²) in [6.45, 7) is 5.35. The molecule has 0 unspecified atom stereocenters. The van der Waals surface area contributed by atoms with E-state index in [0.717, 1.165) is 40.5 Å². The normalized spacial score (nSPS) is 18.5. The molecule has 4 heteroatoms. The monoisotopic (exact) mass is 303 g/mol. The number of hydrogen-bond acceptors (Lipinski definition) is 2. The first-order valence-electron chi connectivity index (χ1n) is 7.20. The summed E-state index contributed by atoms with van der Waals surface area (Å²) in [5.41, 5.74) is 4.61. The highest BCUT2D eigenvalue weighted by Crippen LogP contribution is 2.31. The first kappa shape index (κ1) is 15.6. The van der Waals surface area contributed by atoms with Gasteiger partial charge in [-0.1, -0.05) is 30.7 Å². The van der Waals surface area contributed by atoms with Gasteiger partial charge in [-0.15, -0.1) is 0 Å². The van der Waals surface area contributed by atoms with E-state index in [9.17, 15) is 0 Å². The number of nitrogens with zero attached hydrogens (tertiary/aromatic N) is 2. The first-order valence-corrected chi connectivity index (χ1v) is 7.58. The van der Waals surface area contributed by atoms with Gasteiger partial charge in [0.05, 0.1) is 0 Å². The second kappa shape index (κ2) is 6.81. The minimum absolute atomic E-state index is 0.745. The second-order valence-electron chi connectivity index (χ2n) is 5.17. The zero-order valence-corrected chi connectivity index (χ0v) is 13.8. The van der Waals surface area contributed by atoms with E-state index in [0.29, 0.717) is 0 Å². The Morgan fingerprint density at radius 2 is 2.14 bits per heavy atom. The van der Waals surface area contributed by atoms with E-state index in [1.807, 2.05) is 31.4 Å². The lowest BCUT2D eigenvalue weighted by Gasteiger charge is -2.22. The van der Waals surface area contributed by atoms with Crippen LogP contribution in [0.3, 0.4) is 0 Å². The van der Waals surface area contributed by atoms with Crippen molar-refractivity contribution in [3.63, 3.8) is 0 Å². The Bertz CT molecular complexity index is 614. The summed E-state index contributed by atoms with van der Waals surface area (Å²) in [5, 5.41) is 4.01. The van der Waals surface area contributed by atoms with Crippen molar-refractivity contribution in [3.05, 3.63) is 52.3 Å². The highest BCUT2D eigenvalue weighted by molar-refractivity contribution is 6.31. The molecule has 0 radical (unpaired) electrons. The van der Waals surface area contributed by atoms with Crippen LogP contribution >= 0.6 is 11.6 Å². The molecule has 1 N–H and O–H groups in total. The molecule has 1 heterocycles. The maximum Gasteiger partial charge on any atom is 0.134 e. The van der Waals surface area contributed by atoms with Gasteiger partial charge in [-0.2, -0.15) is 0 Å². The summed E-state index contributed by atoms with van der Waals surface area (Å²) in [7, 11) is 3.93. The number of nitrogens with one attached hydrogen (secondary N) is 1. The summed E-state index contributed by atoms with van der Waals surface area (Å²) in [6.07, 6.45) is 3.12. The minimum Gasteiger partial charge on any atom is -0.378 e. The summed E-state index contributed by atoms with van der Waals surface area (Å²) in [6, 6.07) is 7.93. The number of rotatable bonds is 4. The minimum atomic E-state index is 0.745. The van der Waals surface area contributed by atoms with Crippen LogP contribution in [0.15, 0.2) is 46.7 Å². The molecular weight excluding hydrogens is 282 g/mol. The SMILES string of the molecule is CCCN(C)/C(C)=C1\C(c2cccc(Cl)c2)=CNC1=NC. The standard InChI is InChI=1S/C17H22ClN3/c1-5-9-21(4)12(2)16-15(11-20-17(16)19-3)13-7-6-8-14(18)10-13/h6-8,10-11H,5,9H2,1-4H3,(H,19,20)/b16-12+. The Balaban J connectivity index is 2.48. The highest BCUT2D eigenvalue weighted by atomic mass is 35.5. The zero-order valence-electron chi connectivity index (χ0n) is 13.1. The molecule has 3 nitrogen and oxygen atoms in total. The lowest BCUT2D eigenvalue weighted by molar-refractivity contribution is 0.416. The molecule has 0 amide bonds. The molecule has 0 saturated heterocycles. The van der Waals surface area contributed by atoms with Crippen LogP contribution in [0.1, 0.15) is 25.8 Å². The fourth-order valence-corrected chi connectivity index (χ4v) is 2.72. The van der Waals surface area contributed by atoms with E-state index in [1.54, 1.807) is 0 Å². The second-order valence-corrected chi connectivity index (χ2v) is 5.60. The Labute approximate surface area is 132 Å². The summed E-state index contributed by atoms with van der Waals surface area (Å²) < 4.78 is 0. The molecule has 21 heavy (non-hydrogen) atoms. The van der Waals surface area contributed by atoms with Gasteiger partial charge in [-0.25, -0.2) is 0 Å². The molecule has 1 aromatic rings. The Morgan fingerprint density at radius 3 is 2.76 bits per heavy atom. The fraction of sp³-hybridized carbons (Fsp3) is 0.353. The largest absolute Gasteiger partial charge is 0.378 e. The topological polar surface area (TPSA) is 27.6 Å². The van der Waals surface area contributed by atoms with Crippen LogP contribution in [-0.2, 0) is 0 Å².